The summed E-state index contributed by atoms with van der Waals surface area (Å²) >= 11 is 3.25. The fraction of sp³-hybridized carbons (Fsp3) is 0.143. The van der Waals surface area contributed by atoms with Crippen molar-refractivity contribution in [3.05, 3.63) is 58.6 Å². The van der Waals surface area contributed by atoms with Crippen molar-refractivity contribution < 1.29 is 13.5 Å². The van der Waals surface area contributed by atoms with Crippen LogP contribution in [0.2, 0.25) is 0 Å². The van der Waals surface area contributed by atoms with Gasteiger partial charge in [0.2, 0.25) is 0 Å². The fourth-order valence-corrected chi connectivity index (χ4v) is 4.06. The van der Waals surface area contributed by atoms with Gasteiger partial charge in [0.05, 0.1) is 12.3 Å². The van der Waals surface area contributed by atoms with Gasteiger partial charge in [0, 0.05) is 11.5 Å². The molecule has 1 N–H and O–H groups in total. The van der Waals surface area contributed by atoms with Crippen molar-refractivity contribution in [1.82, 2.24) is 0 Å². The topological polar surface area (TPSA) is 57.6 Å². The molecule has 0 aliphatic carbocycles. The van der Waals surface area contributed by atoms with Crippen LogP contribution in [0.1, 0.15) is 5.56 Å². The van der Waals surface area contributed by atoms with Gasteiger partial charge >= 0.3 is 0 Å². The van der Waals surface area contributed by atoms with Gasteiger partial charge in [-0.05, 0) is 45.8 Å². The Balaban J connectivity index is 2.45. The SMILES string of the molecule is CN(c1ccccc1)S(=O)(=O)c1ccc(CO)cc1Br. The van der Waals surface area contributed by atoms with Crippen LogP contribution < -0.4 is 4.31 Å². The maximum absolute atomic E-state index is 12.6. The molecule has 2 rings (SSSR count). The lowest BCUT2D eigenvalue weighted by molar-refractivity contribution is 0.281. The normalized spacial score (nSPS) is 11.3. The van der Waals surface area contributed by atoms with Crippen molar-refractivity contribution in [1.29, 1.82) is 0 Å². The first kappa shape index (κ1) is 15.0. The van der Waals surface area contributed by atoms with Gasteiger partial charge in [-0.15, -0.1) is 0 Å². The van der Waals surface area contributed by atoms with Crippen LogP contribution in [0.15, 0.2) is 57.9 Å². The minimum absolute atomic E-state index is 0.131. The van der Waals surface area contributed by atoms with E-state index in [1.807, 2.05) is 6.07 Å². The third-order valence-electron chi connectivity index (χ3n) is 2.94. The molecule has 2 aromatic rings. The number of benzene rings is 2. The van der Waals surface area contributed by atoms with Crippen molar-refractivity contribution in [3.63, 3.8) is 0 Å². The molecule has 0 radical (unpaired) electrons. The van der Waals surface area contributed by atoms with Gasteiger partial charge in [-0.2, -0.15) is 0 Å². The van der Waals surface area contributed by atoms with Crippen molar-refractivity contribution >= 4 is 31.6 Å². The second-order valence-corrected chi connectivity index (χ2v) is 7.02. The summed E-state index contributed by atoms with van der Waals surface area (Å²) in [6.45, 7) is -0.131. The molecule has 0 atom stereocenters. The van der Waals surface area contributed by atoms with E-state index in [2.05, 4.69) is 15.9 Å². The molecular formula is C14H14BrNO3S. The number of anilines is 1. The van der Waals surface area contributed by atoms with Crippen LogP contribution >= 0.6 is 15.9 Å². The van der Waals surface area contributed by atoms with Crippen molar-refractivity contribution in [3.8, 4) is 0 Å². The Morgan fingerprint density at radius 3 is 2.35 bits per heavy atom. The lowest BCUT2D eigenvalue weighted by Gasteiger charge is -2.20. The largest absolute Gasteiger partial charge is 0.392 e. The summed E-state index contributed by atoms with van der Waals surface area (Å²) in [5.41, 5.74) is 1.24. The van der Waals surface area contributed by atoms with Gasteiger partial charge in [-0.25, -0.2) is 8.42 Å². The van der Waals surface area contributed by atoms with Gasteiger partial charge in [-0.3, -0.25) is 4.31 Å². The highest BCUT2D eigenvalue weighted by atomic mass is 79.9. The Labute approximate surface area is 126 Å². The third kappa shape index (κ3) is 2.87. The van der Waals surface area contributed by atoms with Gasteiger partial charge < -0.3 is 5.11 Å². The predicted octanol–water partition coefficient (Wildman–Crippen LogP) is 2.77. The van der Waals surface area contributed by atoms with Crippen molar-refractivity contribution in [2.24, 2.45) is 0 Å². The van der Waals surface area contributed by atoms with E-state index in [9.17, 15) is 8.42 Å². The summed E-state index contributed by atoms with van der Waals surface area (Å²) in [4.78, 5) is 0.168. The van der Waals surface area contributed by atoms with Crippen LogP contribution in [0.5, 0.6) is 0 Å². The average molecular weight is 356 g/mol. The molecule has 4 nitrogen and oxygen atoms in total. The molecule has 0 aliphatic rings. The maximum Gasteiger partial charge on any atom is 0.265 e. The molecule has 0 saturated carbocycles. The molecule has 106 valence electrons. The van der Waals surface area contributed by atoms with E-state index in [0.717, 1.165) is 0 Å². The second kappa shape index (κ2) is 5.95. The monoisotopic (exact) mass is 355 g/mol. The van der Waals surface area contributed by atoms with Crippen molar-refractivity contribution in [2.45, 2.75) is 11.5 Å². The number of nitrogens with zero attached hydrogens (tertiary/aromatic N) is 1. The number of sulfonamides is 1. The first-order chi connectivity index (χ1) is 9.46. The maximum atomic E-state index is 12.6. The van der Waals surface area contributed by atoms with Crippen LogP contribution in [0.25, 0.3) is 0 Å². The summed E-state index contributed by atoms with van der Waals surface area (Å²) < 4.78 is 26.8. The van der Waals surface area contributed by atoms with Crippen LogP contribution in [-0.4, -0.2) is 20.6 Å². The zero-order valence-electron chi connectivity index (χ0n) is 10.8. The molecule has 2 aromatic carbocycles. The number of aliphatic hydroxyl groups is 1. The van der Waals surface area contributed by atoms with E-state index in [1.54, 1.807) is 36.4 Å². The molecule has 0 aromatic heterocycles. The standard InChI is InChI=1S/C14H14BrNO3S/c1-16(12-5-3-2-4-6-12)20(18,19)14-8-7-11(10-17)9-13(14)15/h2-9,17H,10H2,1H3. The molecule has 0 saturated heterocycles. The Morgan fingerprint density at radius 1 is 1.15 bits per heavy atom. The smallest absolute Gasteiger partial charge is 0.265 e. The first-order valence-corrected chi connectivity index (χ1v) is 8.13. The highest BCUT2D eigenvalue weighted by Gasteiger charge is 2.23. The second-order valence-electron chi connectivity index (χ2n) is 4.23. The van der Waals surface area contributed by atoms with Crippen LogP contribution in [0, 0.1) is 0 Å². The molecule has 0 amide bonds. The molecule has 0 bridgehead atoms. The van der Waals surface area contributed by atoms with E-state index >= 15 is 0 Å². The van der Waals surface area contributed by atoms with Gasteiger partial charge in [0.1, 0.15) is 4.90 Å². The number of aliphatic hydroxyl groups excluding tert-OH is 1. The Bertz CT molecular complexity index is 702. The Hall–Kier alpha value is -1.37. The summed E-state index contributed by atoms with van der Waals surface area (Å²) in [6.07, 6.45) is 0. The molecule has 6 heteroatoms. The minimum Gasteiger partial charge on any atom is -0.392 e. The zero-order valence-corrected chi connectivity index (χ0v) is 13.2. The highest BCUT2D eigenvalue weighted by molar-refractivity contribution is 9.10. The van der Waals surface area contributed by atoms with Gasteiger partial charge in [-0.1, -0.05) is 24.3 Å². The van der Waals surface area contributed by atoms with Gasteiger partial charge in [0.25, 0.3) is 10.0 Å². The van der Waals surface area contributed by atoms with Crippen LogP contribution in [-0.2, 0) is 16.6 Å². The number of rotatable bonds is 4. The predicted molar refractivity (Wildman–Crippen MR) is 82.1 cm³/mol. The van der Waals surface area contributed by atoms with E-state index in [4.69, 9.17) is 5.11 Å². The van der Waals surface area contributed by atoms with E-state index < -0.39 is 10.0 Å². The lowest BCUT2D eigenvalue weighted by atomic mass is 10.2. The quantitative estimate of drug-likeness (QED) is 0.917. The molecule has 0 aliphatic heterocycles. The van der Waals surface area contributed by atoms with Crippen molar-refractivity contribution in [2.75, 3.05) is 11.4 Å². The first-order valence-electron chi connectivity index (χ1n) is 5.90. The molecular weight excluding hydrogens is 342 g/mol. The Kier molecular flexibility index (Phi) is 4.47. The number of para-hydroxylation sites is 1. The lowest BCUT2D eigenvalue weighted by Crippen LogP contribution is -2.26. The zero-order chi connectivity index (χ0) is 14.8. The molecule has 0 spiro atoms. The fourth-order valence-electron chi connectivity index (χ4n) is 1.78. The third-order valence-corrected chi connectivity index (χ3v) is 5.70. The Morgan fingerprint density at radius 2 is 1.80 bits per heavy atom. The summed E-state index contributed by atoms with van der Waals surface area (Å²) in [6, 6.07) is 13.5. The summed E-state index contributed by atoms with van der Waals surface area (Å²) in [7, 11) is -2.13. The minimum atomic E-state index is -3.64. The summed E-state index contributed by atoms with van der Waals surface area (Å²) in [5, 5.41) is 9.06. The van der Waals surface area contributed by atoms with Crippen LogP contribution in [0.3, 0.4) is 0 Å². The number of halogens is 1. The number of hydrogen-bond acceptors (Lipinski definition) is 3. The molecule has 0 fully saturated rings. The van der Waals surface area contributed by atoms with E-state index in [0.29, 0.717) is 15.7 Å². The van der Waals surface area contributed by atoms with Gasteiger partial charge in [0.15, 0.2) is 0 Å². The molecule has 20 heavy (non-hydrogen) atoms. The van der Waals surface area contributed by atoms with E-state index in [1.165, 1.54) is 17.4 Å². The average Bonchev–Trinajstić information content (AvgIpc) is 2.46. The highest BCUT2D eigenvalue weighted by Crippen LogP contribution is 2.28. The molecule has 0 heterocycles. The van der Waals surface area contributed by atoms with E-state index in [-0.39, 0.29) is 11.5 Å². The summed E-state index contributed by atoms with van der Waals surface area (Å²) in [5.74, 6) is 0. The number of hydrogen-bond donors (Lipinski definition) is 1. The molecule has 0 unspecified atom stereocenters. The van der Waals surface area contributed by atoms with Crippen LogP contribution in [0.4, 0.5) is 5.69 Å².